The molecule has 0 unspecified atom stereocenters. The van der Waals surface area contributed by atoms with E-state index in [0.29, 0.717) is 10.4 Å². The van der Waals surface area contributed by atoms with Gasteiger partial charge in [0.15, 0.2) is 10.4 Å². The second kappa shape index (κ2) is 4.85. The lowest BCUT2D eigenvalue weighted by Crippen LogP contribution is -2.11. The first-order chi connectivity index (χ1) is 9.24. The average Bonchev–Trinajstić information content (AvgIpc) is 2.86. The molecule has 0 radical (unpaired) electrons. The zero-order valence-corrected chi connectivity index (χ0v) is 11.3. The maximum atomic E-state index is 12.0. The smallest absolute Gasteiger partial charge is 0.291 e. The van der Waals surface area contributed by atoms with Gasteiger partial charge in [0.25, 0.3) is 5.91 Å². The highest BCUT2D eigenvalue weighted by atomic mass is 79.9. The summed E-state index contributed by atoms with van der Waals surface area (Å²) in [5, 5.41) is 3.71. The number of pyridine rings is 1. The normalized spacial score (nSPS) is 10.6. The molecule has 1 aromatic carbocycles. The fourth-order valence-electron chi connectivity index (χ4n) is 1.83. The third-order valence-corrected chi connectivity index (χ3v) is 3.12. The molecular weight excluding hydrogens is 308 g/mol. The molecule has 0 bridgehead atoms. The monoisotopic (exact) mass is 316 g/mol. The number of amides is 1. The van der Waals surface area contributed by atoms with Gasteiger partial charge in [-0.2, -0.15) is 0 Å². The fourth-order valence-corrected chi connectivity index (χ4v) is 2.13. The van der Waals surface area contributed by atoms with Crippen molar-refractivity contribution in [2.24, 2.45) is 0 Å². The van der Waals surface area contributed by atoms with Crippen LogP contribution < -0.4 is 5.32 Å². The lowest BCUT2D eigenvalue weighted by Gasteiger charge is -2.06. The molecule has 0 aliphatic heterocycles. The Balaban J connectivity index is 1.95. The van der Waals surface area contributed by atoms with Crippen molar-refractivity contribution < 1.29 is 9.21 Å². The summed E-state index contributed by atoms with van der Waals surface area (Å²) >= 11 is 3.17. The van der Waals surface area contributed by atoms with Crippen LogP contribution in [0.5, 0.6) is 0 Å². The zero-order valence-electron chi connectivity index (χ0n) is 9.76. The van der Waals surface area contributed by atoms with E-state index in [1.54, 1.807) is 24.4 Å². The van der Waals surface area contributed by atoms with Crippen molar-refractivity contribution in [1.82, 2.24) is 4.98 Å². The molecular formula is C14H9BrN2O2. The first-order valence-corrected chi connectivity index (χ1v) is 6.44. The molecule has 0 aliphatic carbocycles. The number of nitrogens with zero attached hydrogens (tertiary/aromatic N) is 1. The van der Waals surface area contributed by atoms with Crippen LogP contribution in [0.1, 0.15) is 10.6 Å². The van der Waals surface area contributed by atoms with Crippen LogP contribution >= 0.6 is 15.9 Å². The van der Waals surface area contributed by atoms with Gasteiger partial charge in [0.1, 0.15) is 0 Å². The summed E-state index contributed by atoms with van der Waals surface area (Å²) in [5.74, 6) is -0.0326. The number of halogens is 1. The minimum atomic E-state index is -0.290. The maximum absolute atomic E-state index is 12.0. The van der Waals surface area contributed by atoms with Gasteiger partial charge in [0.05, 0.1) is 11.2 Å². The van der Waals surface area contributed by atoms with Crippen molar-refractivity contribution >= 4 is 38.4 Å². The van der Waals surface area contributed by atoms with Crippen LogP contribution in [-0.4, -0.2) is 10.9 Å². The largest absolute Gasteiger partial charge is 0.444 e. The summed E-state index contributed by atoms with van der Waals surface area (Å²) in [6.45, 7) is 0. The highest BCUT2D eigenvalue weighted by Gasteiger charge is 2.12. The van der Waals surface area contributed by atoms with Gasteiger partial charge in [0, 0.05) is 11.6 Å². The Bertz CT molecular complexity index is 747. The van der Waals surface area contributed by atoms with E-state index in [-0.39, 0.29) is 11.7 Å². The molecule has 2 heterocycles. The lowest BCUT2D eigenvalue weighted by molar-refractivity contribution is 0.0995. The third-order valence-electron chi connectivity index (χ3n) is 2.69. The number of hydrogen-bond acceptors (Lipinski definition) is 3. The molecule has 1 amide bonds. The maximum Gasteiger partial charge on any atom is 0.291 e. The number of carbonyl (C=O) groups is 1. The van der Waals surface area contributed by atoms with Gasteiger partial charge in [-0.15, -0.1) is 0 Å². The van der Waals surface area contributed by atoms with Gasteiger partial charge < -0.3 is 9.73 Å². The molecule has 0 fully saturated rings. The number of rotatable bonds is 2. The molecule has 0 aliphatic rings. The summed E-state index contributed by atoms with van der Waals surface area (Å²) in [6.07, 6.45) is 1.66. The van der Waals surface area contributed by atoms with Crippen LogP contribution in [0.25, 0.3) is 10.9 Å². The van der Waals surface area contributed by atoms with E-state index in [2.05, 4.69) is 26.2 Å². The van der Waals surface area contributed by atoms with Crippen molar-refractivity contribution in [3.05, 3.63) is 59.1 Å². The molecule has 4 nitrogen and oxygen atoms in total. The second-order valence-corrected chi connectivity index (χ2v) is 4.72. The van der Waals surface area contributed by atoms with Crippen LogP contribution in [0.3, 0.4) is 0 Å². The Labute approximate surface area is 117 Å². The number of anilines is 1. The number of fused-ring (bicyclic) bond motifs is 1. The molecule has 94 valence electrons. The molecule has 0 saturated carbocycles. The minimum Gasteiger partial charge on any atom is -0.444 e. The van der Waals surface area contributed by atoms with Gasteiger partial charge in [-0.3, -0.25) is 9.78 Å². The molecule has 0 spiro atoms. The summed E-state index contributed by atoms with van der Waals surface area (Å²) in [7, 11) is 0. The molecule has 2 aromatic heterocycles. The predicted octanol–water partition coefficient (Wildman–Crippen LogP) is 3.84. The predicted molar refractivity (Wildman–Crippen MR) is 76.1 cm³/mol. The third kappa shape index (κ3) is 2.37. The van der Waals surface area contributed by atoms with Gasteiger partial charge in [-0.05, 0) is 40.2 Å². The first-order valence-electron chi connectivity index (χ1n) is 5.64. The molecule has 1 N–H and O–H groups in total. The molecule has 0 saturated heterocycles. The molecule has 3 rings (SSSR count). The Kier molecular flexibility index (Phi) is 3.05. The number of nitrogens with one attached hydrogen (secondary N) is 1. The van der Waals surface area contributed by atoms with E-state index in [1.807, 2.05) is 24.3 Å². The number of aromatic nitrogens is 1. The van der Waals surface area contributed by atoms with E-state index >= 15 is 0 Å². The second-order valence-electron chi connectivity index (χ2n) is 3.93. The lowest BCUT2D eigenvalue weighted by atomic mass is 10.2. The van der Waals surface area contributed by atoms with Crippen LogP contribution in [0.4, 0.5) is 5.69 Å². The summed E-state index contributed by atoms with van der Waals surface area (Å²) < 4.78 is 5.74. The summed E-state index contributed by atoms with van der Waals surface area (Å²) in [5.41, 5.74) is 1.55. The standard InChI is InChI=1S/C14H9BrN2O2/c15-13-6-5-12(19-13)14(18)17-11-7-8-16-10-4-2-1-3-9(10)11/h1-8H,(H,16,17,18). The molecule has 3 aromatic rings. The topological polar surface area (TPSA) is 55.1 Å². The van der Waals surface area contributed by atoms with Crippen molar-refractivity contribution in [3.63, 3.8) is 0 Å². The minimum absolute atomic E-state index is 0.257. The Morgan fingerprint density at radius 1 is 1.16 bits per heavy atom. The van der Waals surface area contributed by atoms with E-state index in [0.717, 1.165) is 10.9 Å². The van der Waals surface area contributed by atoms with Gasteiger partial charge in [0.2, 0.25) is 0 Å². The number of hydrogen-bond donors (Lipinski definition) is 1. The van der Waals surface area contributed by atoms with Gasteiger partial charge in [-0.25, -0.2) is 0 Å². The Morgan fingerprint density at radius 2 is 2.00 bits per heavy atom. The highest BCUT2D eigenvalue weighted by molar-refractivity contribution is 9.10. The van der Waals surface area contributed by atoms with Gasteiger partial charge in [-0.1, -0.05) is 18.2 Å². The fraction of sp³-hybridized carbons (Fsp3) is 0. The number of benzene rings is 1. The molecule has 19 heavy (non-hydrogen) atoms. The van der Waals surface area contributed by atoms with E-state index in [9.17, 15) is 4.79 Å². The van der Waals surface area contributed by atoms with Gasteiger partial charge >= 0.3 is 0 Å². The Hall–Kier alpha value is -2.14. The first kappa shape index (κ1) is 11.9. The summed E-state index contributed by atoms with van der Waals surface area (Å²) in [4.78, 5) is 16.3. The van der Waals surface area contributed by atoms with Crippen LogP contribution in [0, 0.1) is 0 Å². The average molecular weight is 317 g/mol. The highest BCUT2D eigenvalue weighted by Crippen LogP contribution is 2.22. The van der Waals surface area contributed by atoms with Crippen LogP contribution in [-0.2, 0) is 0 Å². The Morgan fingerprint density at radius 3 is 2.79 bits per heavy atom. The number of para-hydroxylation sites is 1. The quantitative estimate of drug-likeness (QED) is 0.781. The van der Waals surface area contributed by atoms with Crippen LogP contribution in [0.15, 0.2) is 57.7 Å². The number of furan rings is 1. The SMILES string of the molecule is O=C(Nc1ccnc2ccccc12)c1ccc(Br)o1. The van der Waals surface area contributed by atoms with Crippen molar-refractivity contribution in [3.8, 4) is 0 Å². The molecule has 0 atom stereocenters. The van der Waals surface area contributed by atoms with Crippen LogP contribution in [0.2, 0.25) is 0 Å². The van der Waals surface area contributed by atoms with Crippen molar-refractivity contribution in [1.29, 1.82) is 0 Å². The molecule has 5 heteroatoms. The van der Waals surface area contributed by atoms with E-state index < -0.39 is 0 Å². The van der Waals surface area contributed by atoms with E-state index in [4.69, 9.17) is 4.42 Å². The zero-order chi connectivity index (χ0) is 13.2. The van der Waals surface area contributed by atoms with Crippen molar-refractivity contribution in [2.75, 3.05) is 5.32 Å². The van der Waals surface area contributed by atoms with E-state index in [1.165, 1.54) is 0 Å². The number of carbonyl (C=O) groups excluding carboxylic acids is 1. The van der Waals surface area contributed by atoms with Crippen molar-refractivity contribution in [2.45, 2.75) is 0 Å². The summed E-state index contributed by atoms with van der Waals surface area (Å²) in [6, 6.07) is 12.7.